The van der Waals surface area contributed by atoms with Gasteiger partial charge in [-0.3, -0.25) is 9.78 Å². The van der Waals surface area contributed by atoms with E-state index < -0.39 is 0 Å². The molecule has 19 heavy (non-hydrogen) atoms. The molecular formula is C15H14N2O2. The summed E-state index contributed by atoms with van der Waals surface area (Å²) < 4.78 is 5.59. The summed E-state index contributed by atoms with van der Waals surface area (Å²) in [6.45, 7) is 3.08. The van der Waals surface area contributed by atoms with Gasteiger partial charge in [0.2, 0.25) is 0 Å². The summed E-state index contributed by atoms with van der Waals surface area (Å²) in [5.41, 5.74) is 2.53. The van der Waals surface area contributed by atoms with E-state index in [1.165, 1.54) is 0 Å². The minimum Gasteiger partial charge on any atom is -0.490 e. The highest BCUT2D eigenvalue weighted by molar-refractivity contribution is 6.07. The van der Waals surface area contributed by atoms with Crippen LogP contribution in [0.3, 0.4) is 0 Å². The molecule has 0 spiro atoms. The number of amides is 1. The molecule has 0 fully saturated rings. The topological polar surface area (TPSA) is 42.4 Å². The third-order valence-electron chi connectivity index (χ3n) is 3.13. The zero-order valence-electron chi connectivity index (χ0n) is 10.7. The highest BCUT2D eigenvalue weighted by Crippen LogP contribution is 2.33. The van der Waals surface area contributed by atoms with Crippen LogP contribution in [-0.4, -0.2) is 24.0 Å². The molecule has 0 saturated carbocycles. The molecule has 1 aromatic heterocycles. The number of carbonyl (C=O) groups excluding carboxylic acids is 1. The van der Waals surface area contributed by atoms with E-state index in [1.54, 1.807) is 29.4 Å². The van der Waals surface area contributed by atoms with Gasteiger partial charge in [0.15, 0.2) is 0 Å². The second-order valence-electron chi connectivity index (χ2n) is 4.52. The van der Waals surface area contributed by atoms with Crippen LogP contribution >= 0.6 is 0 Å². The molecule has 0 saturated heterocycles. The van der Waals surface area contributed by atoms with Gasteiger partial charge in [0.1, 0.15) is 12.4 Å². The molecule has 4 nitrogen and oxygen atoms in total. The van der Waals surface area contributed by atoms with Crippen LogP contribution in [-0.2, 0) is 0 Å². The summed E-state index contributed by atoms with van der Waals surface area (Å²) in [7, 11) is 0. The van der Waals surface area contributed by atoms with Gasteiger partial charge in [0.05, 0.1) is 17.8 Å². The predicted molar refractivity (Wildman–Crippen MR) is 72.6 cm³/mol. The first-order valence-electron chi connectivity index (χ1n) is 6.21. The van der Waals surface area contributed by atoms with E-state index >= 15 is 0 Å². The number of nitrogens with zero attached hydrogens (tertiary/aromatic N) is 2. The van der Waals surface area contributed by atoms with Crippen molar-refractivity contribution < 1.29 is 9.53 Å². The summed E-state index contributed by atoms with van der Waals surface area (Å²) in [5.74, 6) is 0.720. The van der Waals surface area contributed by atoms with Gasteiger partial charge < -0.3 is 9.64 Å². The van der Waals surface area contributed by atoms with Gasteiger partial charge in [-0.25, -0.2) is 0 Å². The normalized spacial score (nSPS) is 13.6. The fourth-order valence-electron chi connectivity index (χ4n) is 2.18. The summed E-state index contributed by atoms with van der Waals surface area (Å²) in [6.07, 6.45) is 3.25. The van der Waals surface area contributed by atoms with E-state index in [2.05, 4.69) is 4.98 Å². The van der Waals surface area contributed by atoms with Crippen LogP contribution in [0.1, 0.15) is 15.9 Å². The summed E-state index contributed by atoms with van der Waals surface area (Å²) in [6, 6.07) is 9.41. The van der Waals surface area contributed by atoms with Crippen LogP contribution in [0.5, 0.6) is 5.75 Å². The lowest BCUT2D eigenvalue weighted by molar-refractivity contribution is 0.0976. The molecule has 0 bridgehead atoms. The Kier molecular flexibility index (Phi) is 2.91. The van der Waals surface area contributed by atoms with E-state index in [0.717, 1.165) is 17.0 Å². The number of anilines is 1. The SMILES string of the molecule is Cc1ccc2c(c1)N(C(=O)c1cccnc1)CCO2. The van der Waals surface area contributed by atoms with E-state index in [-0.39, 0.29) is 5.91 Å². The first-order valence-corrected chi connectivity index (χ1v) is 6.21. The molecule has 0 atom stereocenters. The number of hydrogen-bond acceptors (Lipinski definition) is 3. The molecule has 4 heteroatoms. The van der Waals surface area contributed by atoms with Gasteiger partial charge >= 0.3 is 0 Å². The Balaban J connectivity index is 2.00. The Morgan fingerprint density at radius 2 is 2.26 bits per heavy atom. The Morgan fingerprint density at radius 3 is 3.05 bits per heavy atom. The molecule has 1 amide bonds. The molecule has 0 radical (unpaired) electrons. The second-order valence-corrected chi connectivity index (χ2v) is 4.52. The molecule has 2 heterocycles. The fourth-order valence-corrected chi connectivity index (χ4v) is 2.18. The number of rotatable bonds is 1. The van der Waals surface area contributed by atoms with Gasteiger partial charge in [-0.2, -0.15) is 0 Å². The van der Waals surface area contributed by atoms with Crippen LogP contribution in [0.15, 0.2) is 42.7 Å². The van der Waals surface area contributed by atoms with Crippen LogP contribution < -0.4 is 9.64 Å². The highest BCUT2D eigenvalue weighted by Gasteiger charge is 2.24. The molecular weight excluding hydrogens is 240 g/mol. The summed E-state index contributed by atoms with van der Waals surface area (Å²) in [4.78, 5) is 18.3. The van der Waals surface area contributed by atoms with Crippen molar-refractivity contribution in [2.45, 2.75) is 6.92 Å². The molecule has 96 valence electrons. The molecule has 3 rings (SSSR count). The third-order valence-corrected chi connectivity index (χ3v) is 3.13. The molecule has 1 aliphatic heterocycles. The first-order chi connectivity index (χ1) is 9.25. The average Bonchev–Trinajstić information content (AvgIpc) is 2.47. The maximum Gasteiger partial charge on any atom is 0.260 e. The van der Waals surface area contributed by atoms with Gasteiger partial charge in [-0.05, 0) is 36.8 Å². The van der Waals surface area contributed by atoms with Crippen LogP contribution in [0.4, 0.5) is 5.69 Å². The van der Waals surface area contributed by atoms with E-state index in [0.29, 0.717) is 18.7 Å². The Labute approximate surface area is 111 Å². The number of aryl methyl sites for hydroxylation is 1. The van der Waals surface area contributed by atoms with Gasteiger partial charge in [-0.1, -0.05) is 6.07 Å². The van der Waals surface area contributed by atoms with Crippen molar-refractivity contribution in [3.05, 3.63) is 53.9 Å². The number of ether oxygens (including phenoxy) is 1. The van der Waals surface area contributed by atoms with Crippen molar-refractivity contribution in [2.75, 3.05) is 18.1 Å². The number of fused-ring (bicyclic) bond motifs is 1. The molecule has 1 aromatic carbocycles. The monoisotopic (exact) mass is 254 g/mol. The maximum atomic E-state index is 12.5. The van der Waals surface area contributed by atoms with E-state index in [1.807, 2.05) is 25.1 Å². The highest BCUT2D eigenvalue weighted by atomic mass is 16.5. The maximum absolute atomic E-state index is 12.5. The van der Waals surface area contributed by atoms with Crippen molar-refractivity contribution in [3.63, 3.8) is 0 Å². The third kappa shape index (κ3) is 2.17. The minimum atomic E-state index is -0.0387. The quantitative estimate of drug-likeness (QED) is 0.785. The van der Waals surface area contributed by atoms with Crippen molar-refractivity contribution in [1.29, 1.82) is 0 Å². The lowest BCUT2D eigenvalue weighted by atomic mass is 10.1. The van der Waals surface area contributed by atoms with Crippen LogP contribution in [0, 0.1) is 6.92 Å². The summed E-state index contributed by atoms with van der Waals surface area (Å²) >= 11 is 0. The zero-order chi connectivity index (χ0) is 13.2. The standard InChI is InChI=1S/C15H14N2O2/c1-11-4-5-14-13(9-11)17(7-8-19-14)15(18)12-3-2-6-16-10-12/h2-6,9-10H,7-8H2,1H3. The van der Waals surface area contributed by atoms with E-state index in [9.17, 15) is 4.79 Å². The van der Waals surface area contributed by atoms with Gasteiger partial charge in [0.25, 0.3) is 5.91 Å². The molecule has 0 unspecified atom stereocenters. The van der Waals surface area contributed by atoms with E-state index in [4.69, 9.17) is 4.74 Å². The zero-order valence-corrected chi connectivity index (χ0v) is 10.7. The average molecular weight is 254 g/mol. The number of hydrogen-bond donors (Lipinski definition) is 0. The molecule has 0 aliphatic carbocycles. The van der Waals surface area contributed by atoms with Crippen molar-refractivity contribution in [3.8, 4) is 5.75 Å². The minimum absolute atomic E-state index is 0.0387. The Bertz CT molecular complexity index is 611. The van der Waals surface area contributed by atoms with Crippen molar-refractivity contribution >= 4 is 11.6 Å². The number of carbonyl (C=O) groups is 1. The smallest absolute Gasteiger partial charge is 0.260 e. The van der Waals surface area contributed by atoms with Crippen LogP contribution in [0.2, 0.25) is 0 Å². The lowest BCUT2D eigenvalue weighted by Crippen LogP contribution is -2.38. The second kappa shape index (κ2) is 4.72. The predicted octanol–water partition coefficient (Wildman–Crippen LogP) is 2.43. The fraction of sp³-hybridized carbons (Fsp3) is 0.200. The molecule has 0 N–H and O–H groups in total. The Morgan fingerprint density at radius 1 is 1.37 bits per heavy atom. The van der Waals surface area contributed by atoms with Gasteiger partial charge in [-0.15, -0.1) is 0 Å². The van der Waals surface area contributed by atoms with Crippen molar-refractivity contribution in [2.24, 2.45) is 0 Å². The number of aromatic nitrogens is 1. The molecule has 1 aliphatic rings. The van der Waals surface area contributed by atoms with Gasteiger partial charge in [0, 0.05) is 12.4 Å². The first kappa shape index (κ1) is 11.7. The summed E-state index contributed by atoms with van der Waals surface area (Å²) in [5, 5.41) is 0. The number of pyridine rings is 1. The number of benzene rings is 1. The van der Waals surface area contributed by atoms with Crippen LogP contribution in [0.25, 0.3) is 0 Å². The lowest BCUT2D eigenvalue weighted by Gasteiger charge is -2.29. The Hall–Kier alpha value is -2.36. The molecule has 2 aromatic rings. The van der Waals surface area contributed by atoms with Crippen molar-refractivity contribution in [1.82, 2.24) is 4.98 Å². The largest absolute Gasteiger partial charge is 0.490 e.